The van der Waals surface area contributed by atoms with Crippen molar-refractivity contribution in [3.8, 4) is 0 Å². The maximum absolute atomic E-state index is 11.1. The summed E-state index contributed by atoms with van der Waals surface area (Å²) in [6, 6.07) is 0. The quantitative estimate of drug-likeness (QED) is 0.543. The van der Waals surface area contributed by atoms with Crippen molar-refractivity contribution in [2.45, 2.75) is 36.9 Å². The van der Waals surface area contributed by atoms with E-state index in [0.29, 0.717) is 5.92 Å². The van der Waals surface area contributed by atoms with Crippen LogP contribution in [0, 0.1) is 5.92 Å². The average Bonchev–Trinajstić information content (AvgIpc) is 2.17. The van der Waals surface area contributed by atoms with Crippen molar-refractivity contribution in [3.05, 3.63) is 0 Å². The van der Waals surface area contributed by atoms with E-state index in [4.69, 9.17) is 0 Å². The minimum absolute atomic E-state index is 0.0807. The number of carbonyl (C=O) groups excluding carboxylic acids is 1. The van der Waals surface area contributed by atoms with Crippen LogP contribution < -0.4 is 0 Å². The fourth-order valence-electron chi connectivity index (χ4n) is 1.73. The van der Waals surface area contributed by atoms with E-state index in [1.165, 1.54) is 26.4 Å². The Hall–Kier alpha value is -0.0500. The summed E-state index contributed by atoms with van der Waals surface area (Å²) in [5.41, 5.74) is 0. The number of rotatable bonds is 2. The predicted octanol–water partition coefficient (Wildman–Crippen LogP) is 2.50. The van der Waals surface area contributed by atoms with Crippen molar-refractivity contribution in [2.24, 2.45) is 5.92 Å². The fourth-order valence-corrected chi connectivity index (χ4v) is 2.45. The Morgan fingerprint density at radius 3 is 2.50 bits per heavy atom. The Bertz CT molecular complexity index is 153. The molecule has 2 nitrogen and oxygen atoms in total. The van der Waals surface area contributed by atoms with E-state index in [9.17, 15) is 4.79 Å². The van der Waals surface area contributed by atoms with Gasteiger partial charge in [-0.2, -0.15) is 0 Å². The zero-order chi connectivity index (χ0) is 8.97. The summed E-state index contributed by atoms with van der Waals surface area (Å²) in [5.74, 6) is 0.369. The summed E-state index contributed by atoms with van der Waals surface area (Å²) >= 11 is 3.39. The summed E-state index contributed by atoms with van der Waals surface area (Å²) < 4.78 is 4.68. The van der Waals surface area contributed by atoms with Crippen LogP contribution in [0.3, 0.4) is 0 Å². The molecule has 0 radical (unpaired) electrons. The highest BCUT2D eigenvalue weighted by Crippen LogP contribution is 2.30. The third kappa shape index (κ3) is 2.47. The van der Waals surface area contributed by atoms with E-state index in [-0.39, 0.29) is 10.8 Å². The molecular weight excluding hydrogens is 220 g/mol. The molecule has 0 amide bonds. The number of hydrogen-bond donors (Lipinski definition) is 0. The number of methoxy groups -OCH3 is 1. The van der Waals surface area contributed by atoms with E-state index in [1.54, 1.807) is 0 Å². The molecule has 0 aromatic heterocycles. The van der Waals surface area contributed by atoms with Crippen LogP contribution in [-0.2, 0) is 9.53 Å². The van der Waals surface area contributed by atoms with E-state index in [1.807, 2.05) is 0 Å². The van der Waals surface area contributed by atoms with Gasteiger partial charge in [-0.3, -0.25) is 4.79 Å². The molecule has 70 valence electrons. The molecule has 0 saturated heterocycles. The van der Waals surface area contributed by atoms with Crippen molar-refractivity contribution in [2.75, 3.05) is 7.11 Å². The number of alkyl halides is 1. The van der Waals surface area contributed by atoms with Crippen LogP contribution in [0.5, 0.6) is 0 Å². The van der Waals surface area contributed by atoms with E-state index in [0.717, 1.165) is 12.8 Å². The summed E-state index contributed by atoms with van der Waals surface area (Å²) in [5, 5.41) is 0. The molecule has 12 heavy (non-hydrogen) atoms. The Balaban J connectivity index is 2.39. The first kappa shape index (κ1) is 10.0. The number of hydrogen-bond acceptors (Lipinski definition) is 2. The highest BCUT2D eigenvalue weighted by atomic mass is 79.9. The standard InChI is InChI=1S/C9H15BrO2/c1-12-9(11)8(10)7-5-3-2-4-6-7/h7-8H,2-6H2,1H3/t8-/m0/s1. The molecule has 1 saturated carbocycles. The van der Waals surface area contributed by atoms with Gasteiger partial charge in [0.1, 0.15) is 4.83 Å². The topological polar surface area (TPSA) is 26.3 Å². The second-order valence-corrected chi connectivity index (χ2v) is 4.31. The van der Waals surface area contributed by atoms with Crippen LogP contribution in [0.15, 0.2) is 0 Å². The highest BCUT2D eigenvalue weighted by molar-refractivity contribution is 9.10. The van der Waals surface area contributed by atoms with Crippen molar-refractivity contribution in [1.29, 1.82) is 0 Å². The third-order valence-electron chi connectivity index (χ3n) is 2.49. The van der Waals surface area contributed by atoms with Gasteiger partial charge in [0, 0.05) is 0 Å². The summed E-state index contributed by atoms with van der Waals surface area (Å²) in [6.45, 7) is 0. The minimum atomic E-state index is -0.123. The summed E-state index contributed by atoms with van der Waals surface area (Å²) in [6.07, 6.45) is 6.14. The second-order valence-electron chi connectivity index (χ2n) is 3.32. The zero-order valence-corrected chi connectivity index (χ0v) is 8.97. The lowest BCUT2D eigenvalue weighted by Gasteiger charge is -2.24. The van der Waals surface area contributed by atoms with Crippen LogP contribution in [0.4, 0.5) is 0 Å². The molecule has 0 aromatic rings. The number of esters is 1. The third-order valence-corrected chi connectivity index (χ3v) is 3.61. The van der Waals surface area contributed by atoms with Gasteiger partial charge >= 0.3 is 5.97 Å². The first-order chi connectivity index (χ1) is 5.75. The van der Waals surface area contributed by atoms with Gasteiger partial charge in [-0.25, -0.2) is 0 Å². The van der Waals surface area contributed by atoms with Crippen molar-refractivity contribution in [1.82, 2.24) is 0 Å². The van der Waals surface area contributed by atoms with Crippen LogP contribution in [-0.4, -0.2) is 17.9 Å². The van der Waals surface area contributed by atoms with Crippen molar-refractivity contribution < 1.29 is 9.53 Å². The molecule has 0 aromatic carbocycles. The normalized spacial score (nSPS) is 21.8. The molecule has 0 heterocycles. The molecule has 0 aliphatic heterocycles. The summed E-state index contributed by atoms with van der Waals surface area (Å²) in [4.78, 5) is 11.1. The number of halogens is 1. The lowest BCUT2D eigenvalue weighted by atomic mass is 9.87. The average molecular weight is 235 g/mol. The van der Waals surface area contributed by atoms with E-state index in [2.05, 4.69) is 20.7 Å². The fraction of sp³-hybridized carbons (Fsp3) is 0.889. The van der Waals surface area contributed by atoms with Crippen LogP contribution in [0.1, 0.15) is 32.1 Å². The molecule has 0 unspecified atom stereocenters. The minimum Gasteiger partial charge on any atom is -0.468 e. The van der Waals surface area contributed by atoms with E-state index >= 15 is 0 Å². The monoisotopic (exact) mass is 234 g/mol. The largest absolute Gasteiger partial charge is 0.468 e. The smallest absolute Gasteiger partial charge is 0.319 e. The molecule has 1 rings (SSSR count). The van der Waals surface area contributed by atoms with Gasteiger partial charge < -0.3 is 4.74 Å². The number of ether oxygens (including phenoxy) is 1. The predicted molar refractivity (Wildman–Crippen MR) is 51.3 cm³/mol. The zero-order valence-electron chi connectivity index (χ0n) is 7.38. The molecule has 1 aliphatic rings. The Labute approximate surface area is 81.8 Å². The van der Waals surface area contributed by atoms with Gasteiger partial charge in [-0.15, -0.1) is 0 Å². The van der Waals surface area contributed by atoms with Gasteiger partial charge in [0.05, 0.1) is 7.11 Å². The lowest BCUT2D eigenvalue weighted by molar-refractivity contribution is -0.141. The van der Waals surface area contributed by atoms with Gasteiger partial charge in [-0.1, -0.05) is 35.2 Å². The first-order valence-corrected chi connectivity index (χ1v) is 5.39. The van der Waals surface area contributed by atoms with Crippen LogP contribution in [0.2, 0.25) is 0 Å². The lowest BCUT2D eigenvalue weighted by Crippen LogP contribution is -2.26. The number of carbonyl (C=O) groups is 1. The van der Waals surface area contributed by atoms with Gasteiger partial charge in [0.15, 0.2) is 0 Å². The van der Waals surface area contributed by atoms with Crippen molar-refractivity contribution >= 4 is 21.9 Å². The van der Waals surface area contributed by atoms with Crippen molar-refractivity contribution in [3.63, 3.8) is 0 Å². The van der Waals surface area contributed by atoms with Gasteiger partial charge in [0.2, 0.25) is 0 Å². The summed E-state index contributed by atoms with van der Waals surface area (Å²) in [7, 11) is 1.44. The first-order valence-electron chi connectivity index (χ1n) is 4.47. The van der Waals surface area contributed by atoms with Crippen LogP contribution >= 0.6 is 15.9 Å². The second kappa shape index (κ2) is 4.85. The molecule has 0 bridgehead atoms. The van der Waals surface area contributed by atoms with E-state index < -0.39 is 0 Å². The molecule has 3 heteroatoms. The molecule has 0 spiro atoms. The Morgan fingerprint density at radius 1 is 1.42 bits per heavy atom. The maximum atomic E-state index is 11.1. The molecule has 0 N–H and O–H groups in total. The Morgan fingerprint density at radius 2 is 2.00 bits per heavy atom. The molecule has 1 fully saturated rings. The maximum Gasteiger partial charge on any atom is 0.319 e. The molecule has 1 atom stereocenters. The highest BCUT2D eigenvalue weighted by Gasteiger charge is 2.27. The van der Waals surface area contributed by atoms with Crippen LogP contribution in [0.25, 0.3) is 0 Å². The Kier molecular flexibility index (Phi) is 4.06. The molecular formula is C9H15BrO2. The molecule has 1 aliphatic carbocycles. The van der Waals surface area contributed by atoms with Gasteiger partial charge in [-0.05, 0) is 18.8 Å². The SMILES string of the molecule is COC(=O)[C@@H](Br)C1CCCCC1. The van der Waals surface area contributed by atoms with Gasteiger partial charge in [0.25, 0.3) is 0 Å².